The van der Waals surface area contributed by atoms with Crippen molar-refractivity contribution in [2.45, 2.75) is 33.6 Å². The van der Waals surface area contributed by atoms with Gasteiger partial charge in [0.15, 0.2) is 0 Å². The second kappa shape index (κ2) is 6.73. The Kier molecular flexibility index (Phi) is 4.98. The maximum absolute atomic E-state index is 8.68. The number of thiazole rings is 1. The summed E-state index contributed by atoms with van der Waals surface area (Å²) in [4.78, 5) is 4.50. The number of nitrogens with zero attached hydrogens (tertiary/aromatic N) is 2. The Morgan fingerprint density at radius 1 is 1.29 bits per heavy atom. The molecule has 0 radical (unpaired) electrons. The average molecular weight is 299 g/mol. The maximum atomic E-state index is 8.68. The van der Waals surface area contributed by atoms with Crippen molar-refractivity contribution in [1.82, 2.24) is 4.98 Å². The molecule has 2 rings (SSSR count). The monoisotopic (exact) mass is 299 g/mol. The third-order valence-corrected chi connectivity index (χ3v) is 4.26. The molecule has 0 spiro atoms. The van der Waals surface area contributed by atoms with E-state index in [2.05, 4.69) is 59.9 Å². The zero-order chi connectivity index (χ0) is 15.3. The third-order valence-electron chi connectivity index (χ3n) is 3.48. The molecule has 110 valence electrons. The van der Waals surface area contributed by atoms with Crippen molar-refractivity contribution >= 4 is 17.0 Å². The molecule has 1 N–H and O–H groups in total. The van der Waals surface area contributed by atoms with Gasteiger partial charge in [0.25, 0.3) is 0 Å². The molecule has 4 heteroatoms. The minimum atomic E-state index is 0.125. The van der Waals surface area contributed by atoms with E-state index in [0.717, 1.165) is 34.9 Å². The van der Waals surface area contributed by atoms with Gasteiger partial charge in [-0.3, -0.25) is 0 Å². The van der Waals surface area contributed by atoms with E-state index in [4.69, 9.17) is 5.26 Å². The highest BCUT2D eigenvalue weighted by atomic mass is 32.1. The quantitative estimate of drug-likeness (QED) is 0.828. The van der Waals surface area contributed by atoms with E-state index >= 15 is 0 Å². The standard InChI is InChI=1S/C17H21N3S/c1-13-20-16(11-21-13)14-5-7-15(8-6-14)19-12-17(2,3)9-4-10-18/h5-8,11,19H,4,9,12H2,1-3H3. The van der Waals surface area contributed by atoms with Crippen LogP contribution < -0.4 is 5.32 Å². The maximum Gasteiger partial charge on any atom is 0.0901 e. The highest BCUT2D eigenvalue weighted by Crippen LogP contribution is 2.25. The topological polar surface area (TPSA) is 48.7 Å². The minimum absolute atomic E-state index is 0.125. The van der Waals surface area contributed by atoms with Crippen LogP contribution in [0.15, 0.2) is 29.6 Å². The summed E-state index contributed by atoms with van der Waals surface area (Å²) in [6.07, 6.45) is 1.52. The second-order valence-corrected chi connectivity index (χ2v) is 7.07. The van der Waals surface area contributed by atoms with Gasteiger partial charge in [-0.05, 0) is 30.9 Å². The van der Waals surface area contributed by atoms with Crippen LogP contribution in [0.3, 0.4) is 0 Å². The lowest BCUT2D eigenvalue weighted by Gasteiger charge is -2.24. The molecule has 0 bridgehead atoms. The van der Waals surface area contributed by atoms with Crippen LogP contribution in [0.1, 0.15) is 31.7 Å². The molecule has 1 aromatic heterocycles. The predicted octanol–water partition coefficient (Wildman–Crippen LogP) is 4.86. The third kappa shape index (κ3) is 4.57. The van der Waals surface area contributed by atoms with Crippen molar-refractivity contribution in [2.75, 3.05) is 11.9 Å². The van der Waals surface area contributed by atoms with Gasteiger partial charge in [-0.15, -0.1) is 11.3 Å². The fourth-order valence-corrected chi connectivity index (χ4v) is 2.70. The SMILES string of the molecule is Cc1nc(-c2ccc(NCC(C)(C)CCC#N)cc2)cs1. The molecule has 1 aromatic carbocycles. The smallest absolute Gasteiger partial charge is 0.0901 e. The summed E-state index contributed by atoms with van der Waals surface area (Å²) in [6, 6.07) is 10.6. The van der Waals surface area contributed by atoms with Crippen LogP contribution in [0, 0.1) is 23.7 Å². The molecule has 0 aliphatic carbocycles. The first-order valence-electron chi connectivity index (χ1n) is 7.13. The summed E-state index contributed by atoms with van der Waals surface area (Å²) in [7, 11) is 0. The van der Waals surface area contributed by atoms with Gasteiger partial charge in [0.1, 0.15) is 0 Å². The molecule has 0 atom stereocenters. The number of rotatable bonds is 6. The van der Waals surface area contributed by atoms with Gasteiger partial charge in [0.05, 0.1) is 16.8 Å². The van der Waals surface area contributed by atoms with Crippen LogP contribution in [0.5, 0.6) is 0 Å². The van der Waals surface area contributed by atoms with E-state index in [1.54, 1.807) is 11.3 Å². The van der Waals surface area contributed by atoms with Gasteiger partial charge in [-0.2, -0.15) is 5.26 Å². The van der Waals surface area contributed by atoms with Crippen LogP contribution in [0.4, 0.5) is 5.69 Å². The van der Waals surface area contributed by atoms with Crippen LogP contribution in [0.25, 0.3) is 11.3 Å². The molecule has 1 heterocycles. The summed E-state index contributed by atoms with van der Waals surface area (Å²) >= 11 is 1.67. The molecule has 0 saturated heterocycles. The summed E-state index contributed by atoms with van der Waals surface area (Å²) in [5.74, 6) is 0. The fourth-order valence-electron chi connectivity index (χ4n) is 2.08. The normalized spacial score (nSPS) is 11.1. The summed E-state index contributed by atoms with van der Waals surface area (Å²) in [5, 5.41) is 15.3. The van der Waals surface area contributed by atoms with Crippen molar-refractivity contribution in [2.24, 2.45) is 5.41 Å². The van der Waals surface area contributed by atoms with E-state index in [1.165, 1.54) is 0 Å². The Balaban J connectivity index is 1.95. The van der Waals surface area contributed by atoms with Gasteiger partial charge in [0, 0.05) is 29.6 Å². The Labute approximate surface area is 130 Å². The molecule has 0 amide bonds. The van der Waals surface area contributed by atoms with E-state index in [1.807, 2.05) is 6.92 Å². The Morgan fingerprint density at radius 2 is 2.00 bits per heavy atom. The highest BCUT2D eigenvalue weighted by molar-refractivity contribution is 7.09. The molecule has 0 saturated carbocycles. The summed E-state index contributed by atoms with van der Waals surface area (Å²) < 4.78 is 0. The molecule has 21 heavy (non-hydrogen) atoms. The van der Waals surface area contributed by atoms with Crippen LogP contribution in [-0.4, -0.2) is 11.5 Å². The molecule has 0 fully saturated rings. The highest BCUT2D eigenvalue weighted by Gasteiger charge is 2.16. The van der Waals surface area contributed by atoms with Gasteiger partial charge >= 0.3 is 0 Å². The summed E-state index contributed by atoms with van der Waals surface area (Å²) in [5.41, 5.74) is 3.42. The van der Waals surface area contributed by atoms with Crippen molar-refractivity contribution in [1.29, 1.82) is 5.26 Å². The number of hydrogen-bond donors (Lipinski definition) is 1. The zero-order valence-corrected chi connectivity index (χ0v) is 13.6. The molecule has 0 aliphatic rings. The van der Waals surface area contributed by atoms with Crippen LogP contribution >= 0.6 is 11.3 Å². The zero-order valence-electron chi connectivity index (χ0n) is 12.8. The van der Waals surface area contributed by atoms with Crippen molar-refractivity contribution in [3.63, 3.8) is 0 Å². The average Bonchev–Trinajstić information content (AvgIpc) is 2.90. The van der Waals surface area contributed by atoms with Crippen LogP contribution in [-0.2, 0) is 0 Å². The summed E-state index contributed by atoms with van der Waals surface area (Å²) in [6.45, 7) is 7.25. The Bertz CT molecular complexity index is 620. The first kappa shape index (κ1) is 15.5. The molecule has 0 unspecified atom stereocenters. The van der Waals surface area contributed by atoms with Gasteiger partial charge in [0.2, 0.25) is 0 Å². The van der Waals surface area contributed by atoms with Crippen molar-refractivity contribution in [3.8, 4) is 17.3 Å². The first-order chi connectivity index (χ1) is 10.00. The van der Waals surface area contributed by atoms with E-state index in [0.29, 0.717) is 6.42 Å². The minimum Gasteiger partial charge on any atom is -0.385 e. The molecular formula is C17H21N3S. The number of aryl methyl sites for hydroxylation is 1. The molecule has 3 nitrogen and oxygen atoms in total. The van der Waals surface area contributed by atoms with Gasteiger partial charge in [-0.25, -0.2) is 4.98 Å². The lowest BCUT2D eigenvalue weighted by Crippen LogP contribution is -2.22. The lowest BCUT2D eigenvalue weighted by molar-refractivity contribution is 0.364. The number of aromatic nitrogens is 1. The van der Waals surface area contributed by atoms with Gasteiger partial charge < -0.3 is 5.32 Å². The predicted molar refractivity (Wildman–Crippen MR) is 89.4 cm³/mol. The fraction of sp³-hybridized carbons (Fsp3) is 0.412. The van der Waals surface area contributed by atoms with Crippen molar-refractivity contribution in [3.05, 3.63) is 34.7 Å². The van der Waals surface area contributed by atoms with E-state index in [9.17, 15) is 0 Å². The molecule has 2 aromatic rings. The van der Waals surface area contributed by atoms with E-state index in [-0.39, 0.29) is 5.41 Å². The lowest BCUT2D eigenvalue weighted by atomic mass is 9.88. The Hall–Kier alpha value is -1.86. The number of nitrogens with one attached hydrogen (secondary N) is 1. The largest absolute Gasteiger partial charge is 0.385 e. The van der Waals surface area contributed by atoms with Crippen LogP contribution in [0.2, 0.25) is 0 Å². The first-order valence-corrected chi connectivity index (χ1v) is 8.01. The Morgan fingerprint density at radius 3 is 2.57 bits per heavy atom. The number of anilines is 1. The molecule has 0 aliphatic heterocycles. The molecular weight excluding hydrogens is 278 g/mol. The number of hydrogen-bond acceptors (Lipinski definition) is 4. The van der Waals surface area contributed by atoms with Crippen molar-refractivity contribution < 1.29 is 0 Å². The van der Waals surface area contributed by atoms with E-state index < -0.39 is 0 Å². The number of benzene rings is 1. The second-order valence-electron chi connectivity index (χ2n) is 6.00. The van der Waals surface area contributed by atoms with Gasteiger partial charge in [-0.1, -0.05) is 26.0 Å². The number of nitriles is 1.